The Kier molecular flexibility index (Phi) is 7.95. The highest BCUT2D eigenvalue weighted by Crippen LogP contribution is 2.30. The van der Waals surface area contributed by atoms with Crippen LogP contribution in [0.25, 0.3) is 6.08 Å². The molecule has 0 aliphatic carbocycles. The molecule has 2 N–H and O–H groups in total. The minimum atomic E-state index is -3.87. The van der Waals surface area contributed by atoms with E-state index in [0.29, 0.717) is 34.0 Å². The van der Waals surface area contributed by atoms with Gasteiger partial charge in [-0.15, -0.1) is 0 Å². The van der Waals surface area contributed by atoms with E-state index in [1.54, 1.807) is 30.3 Å². The molecule has 0 radical (unpaired) electrons. The highest BCUT2D eigenvalue weighted by Gasteiger charge is 2.33. The Bertz CT molecular complexity index is 1580. The summed E-state index contributed by atoms with van der Waals surface area (Å²) in [6.07, 6.45) is 2.83. The number of hydrogen-bond donors (Lipinski definition) is 2. The van der Waals surface area contributed by atoms with E-state index >= 15 is 0 Å². The van der Waals surface area contributed by atoms with Crippen molar-refractivity contribution >= 4 is 56.4 Å². The number of amidine groups is 1. The van der Waals surface area contributed by atoms with Gasteiger partial charge in [-0.25, -0.2) is 9.03 Å². The molecule has 40 heavy (non-hydrogen) atoms. The van der Waals surface area contributed by atoms with Crippen LogP contribution in [0.3, 0.4) is 0 Å². The van der Waals surface area contributed by atoms with Crippen LogP contribution in [0.15, 0.2) is 82.7 Å². The quantitative estimate of drug-likeness (QED) is 0.373. The van der Waals surface area contributed by atoms with E-state index in [1.165, 1.54) is 17.3 Å². The Labute approximate surface area is 237 Å². The maximum Gasteiger partial charge on any atom is 0.326 e. The third-order valence-electron chi connectivity index (χ3n) is 6.10. The molecule has 0 aromatic heterocycles. The summed E-state index contributed by atoms with van der Waals surface area (Å²) in [5.41, 5.74) is 4.25. The van der Waals surface area contributed by atoms with Gasteiger partial charge < -0.3 is 10.1 Å². The minimum Gasteiger partial charge on any atom is -0.489 e. The van der Waals surface area contributed by atoms with Crippen LogP contribution >= 0.6 is 11.8 Å². The predicted molar refractivity (Wildman–Crippen MR) is 158 cm³/mol. The molecule has 2 aliphatic heterocycles. The molecule has 2 aliphatic rings. The van der Waals surface area contributed by atoms with Crippen LogP contribution < -0.4 is 19.1 Å². The zero-order valence-electron chi connectivity index (χ0n) is 22.0. The number of carbonyl (C=O) groups excluding carboxylic acids is 2. The number of nitrogens with one attached hydrogen (secondary N) is 2. The van der Waals surface area contributed by atoms with Crippen molar-refractivity contribution in [2.24, 2.45) is 10.9 Å². The molecular formula is C29H28N4O5S2. The monoisotopic (exact) mass is 576 g/mol. The lowest BCUT2D eigenvalue weighted by Crippen LogP contribution is -2.29. The van der Waals surface area contributed by atoms with Gasteiger partial charge in [-0.05, 0) is 83.3 Å². The van der Waals surface area contributed by atoms with Gasteiger partial charge in [0.05, 0.1) is 10.6 Å². The maximum absolute atomic E-state index is 12.5. The normalized spacial score (nSPS) is 17.3. The van der Waals surface area contributed by atoms with E-state index in [-0.39, 0.29) is 12.5 Å². The average Bonchev–Trinajstić information content (AvgIpc) is 3.40. The van der Waals surface area contributed by atoms with Crippen LogP contribution in [-0.2, 0) is 32.8 Å². The van der Waals surface area contributed by atoms with Gasteiger partial charge in [0.15, 0.2) is 5.17 Å². The fourth-order valence-corrected chi connectivity index (χ4v) is 6.18. The Morgan fingerprint density at radius 1 is 1.00 bits per heavy atom. The molecule has 11 heteroatoms. The lowest BCUT2D eigenvalue weighted by molar-refractivity contribution is -0.117. The summed E-state index contributed by atoms with van der Waals surface area (Å²) >= 11 is 1.21. The molecule has 2 amide bonds. The minimum absolute atomic E-state index is 0.264. The van der Waals surface area contributed by atoms with Crippen LogP contribution in [0.1, 0.15) is 30.5 Å². The molecule has 2 heterocycles. The number of rotatable bonds is 8. The van der Waals surface area contributed by atoms with Gasteiger partial charge in [-0.3, -0.25) is 9.59 Å². The molecule has 0 bridgehead atoms. The van der Waals surface area contributed by atoms with Crippen molar-refractivity contribution < 1.29 is 22.7 Å². The van der Waals surface area contributed by atoms with Crippen molar-refractivity contribution in [3.05, 3.63) is 94.4 Å². The molecule has 0 spiro atoms. The van der Waals surface area contributed by atoms with Crippen molar-refractivity contribution in [1.29, 1.82) is 0 Å². The van der Waals surface area contributed by atoms with Gasteiger partial charge >= 0.3 is 10.2 Å². The summed E-state index contributed by atoms with van der Waals surface area (Å²) in [7, 11) is -3.87. The van der Waals surface area contributed by atoms with Crippen molar-refractivity contribution in [3.8, 4) is 5.75 Å². The second-order valence-corrected chi connectivity index (χ2v) is 12.4. The Hall–Kier alpha value is -4.09. The number of anilines is 2. The molecule has 1 fully saturated rings. The third-order valence-corrected chi connectivity index (χ3v) is 8.40. The van der Waals surface area contributed by atoms with E-state index in [0.717, 1.165) is 27.6 Å². The van der Waals surface area contributed by atoms with Gasteiger partial charge in [-0.2, -0.15) is 13.4 Å². The van der Waals surface area contributed by atoms with Gasteiger partial charge in [0.1, 0.15) is 18.9 Å². The van der Waals surface area contributed by atoms with Crippen LogP contribution in [-0.4, -0.2) is 31.9 Å². The Morgan fingerprint density at radius 3 is 2.30 bits per heavy atom. The largest absolute Gasteiger partial charge is 0.489 e. The van der Waals surface area contributed by atoms with Crippen LogP contribution in [0.2, 0.25) is 0 Å². The standard InChI is InChI=1S/C29H28N4O5S2/c1-19(2)15-20-3-5-22(6-4-20)18-38-25-13-7-21(8-14-25)16-26-28(35)31-29(39-26)30-23-9-11-24(12-10-23)33-17-27(34)32-40(33,36)37/h3-14,16,19H,15,17-18H2,1-2H3,(H,32,34)(H,30,31,35)/b26-16-. The SMILES string of the molecule is CC(C)Cc1ccc(COc2ccc(/C=C3\SC(Nc4ccc(N5CC(=O)NS5(=O)=O)cc4)=NC3=O)cc2)cc1. The number of thioether (sulfide) groups is 1. The second kappa shape index (κ2) is 11.6. The number of nitrogens with zero attached hydrogens (tertiary/aromatic N) is 2. The van der Waals surface area contributed by atoms with Crippen molar-refractivity contribution in [1.82, 2.24) is 4.72 Å². The molecule has 1 saturated heterocycles. The van der Waals surface area contributed by atoms with Gasteiger partial charge in [0.25, 0.3) is 11.8 Å². The second-order valence-electron chi connectivity index (χ2n) is 9.81. The molecule has 3 aromatic carbocycles. The number of ether oxygens (including phenoxy) is 1. The van der Waals surface area contributed by atoms with Crippen LogP contribution in [0.5, 0.6) is 5.75 Å². The zero-order chi connectivity index (χ0) is 28.3. The summed E-state index contributed by atoms with van der Waals surface area (Å²) in [6.45, 7) is 4.63. The van der Waals surface area contributed by atoms with E-state index in [1.807, 2.05) is 29.0 Å². The topological polar surface area (TPSA) is 117 Å². The lowest BCUT2D eigenvalue weighted by Gasteiger charge is -2.15. The van der Waals surface area contributed by atoms with Crippen LogP contribution in [0, 0.1) is 5.92 Å². The van der Waals surface area contributed by atoms with Crippen LogP contribution in [0.4, 0.5) is 11.4 Å². The molecule has 9 nitrogen and oxygen atoms in total. The molecule has 5 rings (SSSR count). The van der Waals surface area contributed by atoms with Gasteiger partial charge in [0, 0.05) is 5.69 Å². The Morgan fingerprint density at radius 2 is 1.68 bits per heavy atom. The number of amides is 2. The average molecular weight is 577 g/mol. The molecule has 0 saturated carbocycles. The van der Waals surface area contributed by atoms with E-state index < -0.39 is 16.1 Å². The first-order chi connectivity index (χ1) is 19.1. The molecule has 206 valence electrons. The fraction of sp³-hybridized carbons (Fsp3) is 0.207. The van der Waals surface area contributed by atoms with Crippen molar-refractivity contribution in [2.45, 2.75) is 26.9 Å². The van der Waals surface area contributed by atoms with Gasteiger partial charge in [0.2, 0.25) is 0 Å². The third kappa shape index (κ3) is 6.72. The molecule has 3 aromatic rings. The first-order valence-electron chi connectivity index (χ1n) is 12.7. The highest BCUT2D eigenvalue weighted by molar-refractivity contribution is 8.18. The summed E-state index contributed by atoms with van der Waals surface area (Å²) < 4.78 is 32.9. The molecule has 0 unspecified atom stereocenters. The molecule has 0 atom stereocenters. The van der Waals surface area contributed by atoms with Crippen molar-refractivity contribution in [2.75, 3.05) is 16.2 Å². The van der Waals surface area contributed by atoms with E-state index in [2.05, 4.69) is 48.4 Å². The smallest absolute Gasteiger partial charge is 0.326 e. The fourth-order valence-electron chi connectivity index (χ4n) is 4.20. The lowest BCUT2D eigenvalue weighted by atomic mass is 10.0. The number of hydrogen-bond acceptors (Lipinski definition) is 7. The summed E-state index contributed by atoms with van der Waals surface area (Å²) in [5.74, 6) is 0.431. The summed E-state index contributed by atoms with van der Waals surface area (Å²) in [4.78, 5) is 28.5. The van der Waals surface area contributed by atoms with E-state index in [4.69, 9.17) is 4.74 Å². The number of carbonyl (C=O) groups is 2. The first kappa shape index (κ1) is 27.5. The first-order valence-corrected chi connectivity index (χ1v) is 14.9. The predicted octanol–water partition coefficient (Wildman–Crippen LogP) is 4.73. The Balaban J connectivity index is 1.15. The maximum atomic E-state index is 12.5. The highest BCUT2D eigenvalue weighted by atomic mass is 32.2. The van der Waals surface area contributed by atoms with Gasteiger partial charge in [-0.1, -0.05) is 50.2 Å². The van der Waals surface area contributed by atoms with E-state index in [9.17, 15) is 18.0 Å². The zero-order valence-corrected chi connectivity index (χ0v) is 23.6. The number of benzene rings is 3. The molecular weight excluding hydrogens is 548 g/mol. The summed E-state index contributed by atoms with van der Waals surface area (Å²) in [6, 6.07) is 22.4. The van der Waals surface area contributed by atoms with Crippen molar-refractivity contribution in [3.63, 3.8) is 0 Å². The number of aliphatic imine (C=N–C) groups is 1. The summed E-state index contributed by atoms with van der Waals surface area (Å²) in [5, 5.41) is 3.48.